The lowest BCUT2D eigenvalue weighted by molar-refractivity contribution is 0.704. The third-order valence-corrected chi connectivity index (χ3v) is 3.82. The molecule has 6 nitrogen and oxygen atoms in total. The Morgan fingerprint density at radius 1 is 1.45 bits per heavy atom. The summed E-state index contributed by atoms with van der Waals surface area (Å²) in [7, 11) is 1.97. The third kappa shape index (κ3) is 3.95. The van der Waals surface area contributed by atoms with Gasteiger partial charge in [0.2, 0.25) is 0 Å². The Morgan fingerprint density at radius 3 is 2.75 bits per heavy atom. The van der Waals surface area contributed by atoms with Crippen LogP contribution in [0.5, 0.6) is 0 Å². The van der Waals surface area contributed by atoms with Crippen molar-refractivity contribution >= 4 is 5.96 Å². The highest BCUT2D eigenvalue weighted by Gasteiger charge is 2.33. The van der Waals surface area contributed by atoms with E-state index in [2.05, 4.69) is 39.7 Å². The number of nitrogens with zero attached hydrogens (tertiary/aromatic N) is 4. The lowest BCUT2D eigenvalue weighted by atomic mass is 10.3. The fourth-order valence-electron chi connectivity index (χ4n) is 1.97. The summed E-state index contributed by atoms with van der Waals surface area (Å²) in [6.45, 7) is 7.91. The van der Waals surface area contributed by atoms with Crippen LogP contribution in [-0.2, 0) is 13.6 Å². The van der Waals surface area contributed by atoms with E-state index in [9.17, 15) is 0 Å². The molecule has 0 spiro atoms. The molecule has 6 heteroatoms. The number of hydrogen-bond donors (Lipinski definition) is 2. The molecule has 1 heterocycles. The van der Waals surface area contributed by atoms with Crippen LogP contribution >= 0.6 is 0 Å². The molecule has 0 saturated heterocycles. The Labute approximate surface area is 121 Å². The lowest BCUT2D eigenvalue weighted by Crippen LogP contribution is -2.39. The fourth-order valence-corrected chi connectivity index (χ4v) is 1.97. The first-order valence-corrected chi connectivity index (χ1v) is 7.51. The number of aryl methyl sites for hydroxylation is 1. The van der Waals surface area contributed by atoms with E-state index in [1.165, 1.54) is 12.8 Å². The minimum absolute atomic E-state index is 0.555. The first-order valence-electron chi connectivity index (χ1n) is 7.51. The van der Waals surface area contributed by atoms with Crippen LogP contribution in [-0.4, -0.2) is 33.3 Å². The quantitative estimate of drug-likeness (QED) is 0.468. The molecule has 0 aliphatic heterocycles. The Hall–Kier alpha value is -1.59. The largest absolute Gasteiger partial charge is 0.356 e. The standard InChI is InChI=1S/C14H26N6/c1-5-6-7-15-14(17-12-8-10(12)2)16-9-13-19-18-11(3)20(13)4/h10,12H,5-9H2,1-4H3,(H2,15,16,17). The van der Waals surface area contributed by atoms with E-state index < -0.39 is 0 Å². The highest BCUT2D eigenvalue weighted by atomic mass is 15.3. The van der Waals surface area contributed by atoms with Gasteiger partial charge in [-0.25, -0.2) is 4.99 Å². The van der Waals surface area contributed by atoms with Gasteiger partial charge in [-0.05, 0) is 25.7 Å². The second-order valence-corrected chi connectivity index (χ2v) is 5.63. The fraction of sp³-hybridized carbons (Fsp3) is 0.786. The maximum absolute atomic E-state index is 4.63. The lowest BCUT2D eigenvalue weighted by Gasteiger charge is -2.12. The van der Waals surface area contributed by atoms with E-state index in [1.807, 2.05) is 18.5 Å². The van der Waals surface area contributed by atoms with E-state index in [0.717, 1.165) is 36.5 Å². The summed E-state index contributed by atoms with van der Waals surface area (Å²) in [5, 5.41) is 15.1. The molecule has 1 aliphatic rings. The summed E-state index contributed by atoms with van der Waals surface area (Å²) in [6, 6.07) is 0.573. The molecule has 1 aliphatic carbocycles. The van der Waals surface area contributed by atoms with Gasteiger partial charge in [0.15, 0.2) is 11.8 Å². The highest BCUT2D eigenvalue weighted by Crippen LogP contribution is 2.28. The van der Waals surface area contributed by atoms with E-state index in [-0.39, 0.29) is 0 Å². The second-order valence-electron chi connectivity index (χ2n) is 5.63. The number of nitrogens with one attached hydrogen (secondary N) is 2. The minimum atomic E-state index is 0.555. The Bertz CT molecular complexity index is 464. The number of guanidine groups is 1. The van der Waals surface area contributed by atoms with Crippen LogP contribution in [0.2, 0.25) is 0 Å². The summed E-state index contributed by atoms with van der Waals surface area (Å²) in [4.78, 5) is 4.63. The van der Waals surface area contributed by atoms with Gasteiger partial charge in [0.1, 0.15) is 12.4 Å². The first-order chi connectivity index (χ1) is 9.61. The number of unbranched alkanes of at least 4 members (excludes halogenated alkanes) is 1. The van der Waals surface area contributed by atoms with E-state index in [4.69, 9.17) is 0 Å². The van der Waals surface area contributed by atoms with Crippen molar-refractivity contribution in [2.24, 2.45) is 18.0 Å². The van der Waals surface area contributed by atoms with Gasteiger partial charge >= 0.3 is 0 Å². The molecule has 0 bridgehead atoms. The molecule has 2 atom stereocenters. The molecule has 2 N–H and O–H groups in total. The maximum atomic E-state index is 4.63. The van der Waals surface area contributed by atoms with Gasteiger partial charge in [-0.3, -0.25) is 0 Å². The zero-order valence-corrected chi connectivity index (χ0v) is 13.0. The number of rotatable bonds is 6. The molecular weight excluding hydrogens is 252 g/mol. The van der Waals surface area contributed by atoms with Crippen LogP contribution in [0.25, 0.3) is 0 Å². The van der Waals surface area contributed by atoms with Gasteiger partial charge in [0, 0.05) is 19.6 Å². The molecule has 0 radical (unpaired) electrons. The van der Waals surface area contributed by atoms with Crippen LogP contribution < -0.4 is 10.6 Å². The van der Waals surface area contributed by atoms with Crippen molar-refractivity contribution in [1.82, 2.24) is 25.4 Å². The van der Waals surface area contributed by atoms with E-state index >= 15 is 0 Å². The Kier molecular flexibility index (Phi) is 4.98. The number of hydrogen-bond acceptors (Lipinski definition) is 3. The maximum Gasteiger partial charge on any atom is 0.191 e. The van der Waals surface area contributed by atoms with Gasteiger partial charge < -0.3 is 15.2 Å². The van der Waals surface area contributed by atoms with Crippen molar-refractivity contribution in [3.8, 4) is 0 Å². The molecule has 1 aromatic heterocycles. The third-order valence-electron chi connectivity index (χ3n) is 3.82. The Balaban J connectivity index is 1.93. The van der Waals surface area contributed by atoms with Gasteiger partial charge in [-0.1, -0.05) is 20.3 Å². The van der Waals surface area contributed by atoms with Crippen molar-refractivity contribution in [3.05, 3.63) is 11.6 Å². The summed E-state index contributed by atoms with van der Waals surface area (Å²) in [5.41, 5.74) is 0. The predicted molar refractivity (Wildman–Crippen MR) is 80.5 cm³/mol. The highest BCUT2D eigenvalue weighted by molar-refractivity contribution is 5.80. The number of aliphatic imine (C=N–C) groups is 1. The molecule has 2 unspecified atom stereocenters. The minimum Gasteiger partial charge on any atom is -0.356 e. The van der Waals surface area contributed by atoms with E-state index in [1.54, 1.807) is 0 Å². The molecule has 1 saturated carbocycles. The van der Waals surface area contributed by atoms with Gasteiger partial charge in [0.25, 0.3) is 0 Å². The molecule has 2 rings (SSSR count). The van der Waals surface area contributed by atoms with Gasteiger partial charge in [0.05, 0.1) is 0 Å². The van der Waals surface area contributed by atoms with Crippen LogP contribution in [0.3, 0.4) is 0 Å². The zero-order valence-electron chi connectivity index (χ0n) is 13.0. The average molecular weight is 278 g/mol. The first kappa shape index (κ1) is 14.8. The molecule has 0 amide bonds. The Morgan fingerprint density at radius 2 is 2.20 bits per heavy atom. The zero-order chi connectivity index (χ0) is 14.5. The molecule has 0 aromatic carbocycles. The van der Waals surface area contributed by atoms with Crippen LogP contribution in [0.15, 0.2) is 4.99 Å². The smallest absolute Gasteiger partial charge is 0.191 e. The topological polar surface area (TPSA) is 67.1 Å². The van der Waals surface area contributed by atoms with Crippen LogP contribution in [0, 0.1) is 12.8 Å². The van der Waals surface area contributed by atoms with E-state index in [0.29, 0.717) is 12.6 Å². The summed E-state index contributed by atoms with van der Waals surface area (Å²) >= 11 is 0. The molecular formula is C14H26N6. The number of aromatic nitrogens is 3. The van der Waals surface area contributed by atoms with Crippen molar-refractivity contribution in [1.29, 1.82) is 0 Å². The summed E-state index contributed by atoms with van der Waals surface area (Å²) in [6.07, 6.45) is 3.57. The predicted octanol–water partition coefficient (Wildman–Crippen LogP) is 1.37. The summed E-state index contributed by atoms with van der Waals surface area (Å²) in [5.74, 6) is 3.46. The van der Waals surface area contributed by atoms with Crippen molar-refractivity contribution in [3.63, 3.8) is 0 Å². The van der Waals surface area contributed by atoms with Crippen LogP contribution in [0.4, 0.5) is 0 Å². The molecule has 20 heavy (non-hydrogen) atoms. The molecule has 112 valence electrons. The van der Waals surface area contributed by atoms with Crippen LogP contribution in [0.1, 0.15) is 44.8 Å². The average Bonchev–Trinajstić information content (AvgIpc) is 3.03. The second kappa shape index (κ2) is 6.72. The van der Waals surface area contributed by atoms with Gasteiger partial charge in [-0.2, -0.15) is 0 Å². The van der Waals surface area contributed by atoms with Crippen molar-refractivity contribution in [2.75, 3.05) is 6.54 Å². The summed E-state index contributed by atoms with van der Waals surface area (Å²) < 4.78 is 1.98. The molecule has 1 fully saturated rings. The SMILES string of the molecule is CCCCNC(=NCc1nnc(C)n1C)NC1CC1C. The van der Waals surface area contributed by atoms with Crippen molar-refractivity contribution in [2.45, 2.75) is 52.6 Å². The monoisotopic (exact) mass is 278 g/mol. The molecule has 1 aromatic rings. The van der Waals surface area contributed by atoms with Gasteiger partial charge in [-0.15, -0.1) is 10.2 Å². The van der Waals surface area contributed by atoms with Crippen molar-refractivity contribution < 1.29 is 0 Å². The normalized spacial score (nSPS) is 21.9.